The third-order valence-corrected chi connectivity index (χ3v) is 4.15. The van der Waals surface area contributed by atoms with Crippen LogP contribution in [0.3, 0.4) is 0 Å². The molecule has 0 bridgehead atoms. The molecule has 2 aromatic carbocycles. The van der Waals surface area contributed by atoms with Crippen molar-refractivity contribution in [1.29, 1.82) is 0 Å². The van der Waals surface area contributed by atoms with E-state index in [0.717, 1.165) is 5.56 Å². The molecule has 0 fully saturated rings. The van der Waals surface area contributed by atoms with Crippen molar-refractivity contribution in [2.45, 2.75) is 20.0 Å². The number of nitro benzene ring substituents is 1. The van der Waals surface area contributed by atoms with Gasteiger partial charge in [0.1, 0.15) is 17.9 Å². The van der Waals surface area contributed by atoms with Crippen LogP contribution in [0.15, 0.2) is 51.7 Å². The van der Waals surface area contributed by atoms with Crippen LogP contribution in [-0.2, 0) is 13.0 Å². The molecule has 6 nitrogen and oxygen atoms in total. The minimum Gasteiger partial charge on any atom is -0.489 e. The van der Waals surface area contributed by atoms with Crippen LogP contribution in [0, 0.1) is 10.1 Å². The van der Waals surface area contributed by atoms with E-state index in [-0.39, 0.29) is 12.3 Å². The summed E-state index contributed by atoms with van der Waals surface area (Å²) in [5, 5.41) is 12.1. The number of benzene rings is 2. The molecule has 0 aliphatic heterocycles. The fourth-order valence-corrected chi connectivity index (χ4v) is 2.82. The summed E-state index contributed by atoms with van der Waals surface area (Å²) >= 11 is 6.25. The molecule has 0 unspecified atom stereocenters. The van der Waals surface area contributed by atoms with Gasteiger partial charge in [-0.2, -0.15) is 0 Å². The highest BCUT2D eigenvalue weighted by atomic mass is 35.5. The molecule has 3 rings (SSSR count). The van der Waals surface area contributed by atoms with Gasteiger partial charge in [-0.1, -0.05) is 24.6 Å². The molecule has 0 saturated heterocycles. The SMILES string of the molecule is CCc1cc2oc(=O)cc(COc3cccc([N+](=O)[O-])c3)c2cc1Cl. The smallest absolute Gasteiger partial charge is 0.336 e. The van der Waals surface area contributed by atoms with E-state index in [1.165, 1.54) is 24.3 Å². The minimum absolute atomic E-state index is 0.0606. The van der Waals surface area contributed by atoms with Crippen LogP contribution in [0.4, 0.5) is 5.69 Å². The van der Waals surface area contributed by atoms with Gasteiger partial charge in [-0.05, 0) is 30.2 Å². The molecule has 7 heteroatoms. The minimum atomic E-state index is -0.495. The highest BCUT2D eigenvalue weighted by Crippen LogP contribution is 2.27. The number of nitrogens with zero attached hydrogens (tertiary/aromatic N) is 1. The van der Waals surface area contributed by atoms with E-state index in [1.54, 1.807) is 18.2 Å². The van der Waals surface area contributed by atoms with Crippen LogP contribution in [-0.4, -0.2) is 4.92 Å². The number of rotatable bonds is 5. The van der Waals surface area contributed by atoms with Gasteiger partial charge in [0.2, 0.25) is 0 Å². The van der Waals surface area contributed by atoms with Gasteiger partial charge in [0.05, 0.1) is 11.0 Å². The normalized spacial score (nSPS) is 10.8. The molecule has 0 radical (unpaired) electrons. The number of non-ortho nitro benzene ring substituents is 1. The summed E-state index contributed by atoms with van der Waals surface area (Å²) in [4.78, 5) is 22.1. The Balaban J connectivity index is 1.96. The molecule has 0 N–H and O–H groups in total. The summed E-state index contributed by atoms with van der Waals surface area (Å²) in [6.07, 6.45) is 0.715. The van der Waals surface area contributed by atoms with Crippen LogP contribution in [0.2, 0.25) is 5.02 Å². The molecule has 1 aromatic heterocycles. The van der Waals surface area contributed by atoms with Crippen LogP contribution >= 0.6 is 11.6 Å². The second-order valence-corrected chi connectivity index (χ2v) is 5.83. The fraction of sp³-hybridized carbons (Fsp3) is 0.167. The van der Waals surface area contributed by atoms with Gasteiger partial charge in [-0.15, -0.1) is 0 Å². The molecule has 0 amide bonds. The lowest BCUT2D eigenvalue weighted by molar-refractivity contribution is -0.384. The highest BCUT2D eigenvalue weighted by Gasteiger charge is 2.11. The highest BCUT2D eigenvalue weighted by molar-refractivity contribution is 6.32. The van der Waals surface area contributed by atoms with Gasteiger partial charge in [-0.3, -0.25) is 10.1 Å². The van der Waals surface area contributed by atoms with Crippen LogP contribution < -0.4 is 10.4 Å². The van der Waals surface area contributed by atoms with E-state index >= 15 is 0 Å². The lowest BCUT2D eigenvalue weighted by Gasteiger charge is -2.10. The van der Waals surface area contributed by atoms with Gasteiger partial charge < -0.3 is 9.15 Å². The summed E-state index contributed by atoms with van der Waals surface area (Å²) < 4.78 is 10.9. The third-order valence-electron chi connectivity index (χ3n) is 3.80. The maximum Gasteiger partial charge on any atom is 0.336 e. The molecular formula is C18H14ClNO5. The van der Waals surface area contributed by atoms with Crippen molar-refractivity contribution in [3.05, 3.63) is 79.1 Å². The Morgan fingerprint density at radius 2 is 2.00 bits per heavy atom. The van der Waals surface area contributed by atoms with Gasteiger partial charge in [0.25, 0.3) is 5.69 Å². The monoisotopic (exact) mass is 359 g/mol. The van der Waals surface area contributed by atoms with Gasteiger partial charge >= 0.3 is 5.63 Å². The van der Waals surface area contributed by atoms with Crippen LogP contribution in [0.1, 0.15) is 18.1 Å². The van der Waals surface area contributed by atoms with Gasteiger partial charge in [-0.25, -0.2) is 4.79 Å². The van der Waals surface area contributed by atoms with Crippen molar-refractivity contribution in [2.75, 3.05) is 0 Å². The molecule has 0 spiro atoms. The average Bonchev–Trinajstić information content (AvgIpc) is 2.59. The first-order valence-electron chi connectivity index (χ1n) is 7.60. The zero-order valence-corrected chi connectivity index (χ0v) is 14.1. The van der Waals surface area contributed by atoms with E-state index in [0.29, 0.717) is 33.7 Å². The van der Waals surface area contributed by atoms with Crippen LogP contribution in [0.5, 0.6) is 5.75 Å². The topological polar surface area (TPSA) is 82.6 Å². The maximum atomic E-state index is 11.8. The van der Waals surface area contributed by atoms with E-state index in [1.807, 2.05) is 6.92 Å². The first-order chi connectivity index (χ1) is 12.0. The van der Waals surface area contributed by atoms with Crippen molar-refractivity contribution in [3.8, 4) is 5.75 Å². The number of hydrogen-bond donors (Lipinski definition) is 0. The standard InChI is InChI=1S/C18H14ClNO5/c1-2-11-6-17-15(9-16(11)19)12(7-18(21)25-17)10-24-14-5-3-4-13(8-14)20(22)23/h3-9H,2,10H2,1H3. The summed E-state index contributed by atoms with van der Waals surface area (Å²) in [6.45, 7) is 2.02. The number of ether oxygens (including phenoxy) is 1. The molecule has 128 valence electrons. The number of aryl methyl sites for hydroxylation is 1. The fourth-order valence-electron chi connectivity index (χ4n) is 2.53. The van der Waals surface area contributed by atoms with E-state index in [4.69, 9.17) is 20.8 Å². The van der Waals surface area contributed by atoms with E-state index in [9.17, 15) is 14.9 Å². The zero-order chi connectivity index (χ0) is 18.0. The summed E-state index contributed by atoms with van der Waals surface area (Å²) in [7, 11) is 0. The predicted molar refractivity (Wildman–Crippen MR) is 94.3 cm³/mol. The quantitative estimate of drug-likeness (QED) is 0.380. The van der Waals surface area contributed by atoms with Crippen molar-refractivity contribution in [1.82, 2.24) is 0 Å². The van der Waals surface area contributed by atoms with Crippen molar-refractivity contribution in [3.63, 3.8) is 0 Å². The second kappa shape index (κ2) is 6.94. The Morgan fingerprint density at radius 3 is 2.72 bits per heavy atom. The third kappa shape index (κ3) is 3.64. The molecule has 0 aliphatic carbocycles. The van der Waals surface area contributed by atoms with Crippen molar-refractivity contribution in [2.24, 2.45) is 0 Å². The van der Waals surface area contributed by atoms with E-state index in [2.05, 4.69) is 0 Å². The van der Waals surface area contributed by atoms with Crippen LogP contribution in [0.25, 0.3) is 11.0 Å². The molecule has 0 atom stereocenters. The summed E-state index contributed by atoms with van der Waals surface area (Å²) in [6, 6.07) is 10.7. The number of nitro groups is 1. The Kier molecular flexibility index (Phi) is 4.72. The first-order valence-corrected chi connectivity index (χ1v) is 7.98. The Hall–Kier alpha value is -2.86. The lowest BCUT2D eigenvalue weighted by atomic mass is 10.1. The van der Waals surface area contributed by atoms with Gasteiger partial charge in [0.15, 0.2) is 0 Å². The summed E-state index contributed by atoms with van der Waals surface area (Å²) in [5.74, 6) is 0.340. The number of hydrogen-bond acceptors (Lipinski definition) is 5. The molecule has 25 heavy (non-hydrogen) atoms. The zero-order valence-electron chi connectivity index (χ0n) is 13.3. The Bertz CT molecular complexity index is 1010. The largest absolute Gasteiger partial charge is 0.489 e. The van der Waals surface area contributed by atoms with Crippen molar-refractivity contribution >= 4 is 28.3 Å². The molecular weight excluding hydrogens is 346 g/mol. The number of fused-ring (bicyclic) bond motifs is 1. The maximum absolute atomic E-state index is 11.8. The molecule has 0 aliphatic rings. The number of halogens is 1. The molecule has 3 aromatic rings. The average molecular weight is 360 g/mol. The van der Waals surface area contributed by atoms with E-state index < -0.39 is 10.5 Å². The predicted octanol–water partition coefficient (Wildman–Crippen LogP) is 4.50. The van der Waals surface area contributed by atoms with Gasteiger partial charge in [0, 0.05) is 28.1 Å². The molecule has 0 saturated carbocycles. The van der Waals surface area contributed by atoms with Crippen molar-refractivity contribution < 1.29 is 14.1 Å². The Labute approximate surface area is 147 Å². The second-order valence-electron chi connectivity index (χ2n) is 5.43. The molecule has 1 heterocycles. The Morgan fingerprint density at radius 1 is 1.20 bits per heavy atom. The first kappa shape index (κ1) is 17.0. The lowest BCUT2D eigenvalue weighted by Crippen LogP contribution is -2.04. The summed E-state index contributed by atoms with van der Waals surface area (Å²) in [5.41, 5.74) is 1.36.